The minimum absolute atomic E-state index is 0.342. The van der Waals surface area contributed by atoms with Gasteiger partial charge >= 0.3 is 0 Å². The number of ether oxygens (including phenoxy) is 2. The third-order valence-corrected chi connectivity index (χ3v) is 9.54. The van der Waals surface area contributed by atoms with Crippen LogP contribution in [0.3, 0.4) is 0 Å². The van der Waals surface area contributed by atoms with E-state index in [2.05, 4.69) is 97.1 Å². The Bertz CT molecular complexity index is 1990. The average molecular weight is 589 g/mol. The van der Waals surface area contributed by atoms with Crippen molar-refractivity contribution < 1.29 is 9.47 Å². The lowest BCUT2D eigenvalue weighted by atomic mass is 9.67. The summed E-state index contributed by atoms with van der Waals surface area (Å²) in [4.78, 5) is 0. The van der Waals surface area contributed by atoms with E-state index in [0.29, 0.717) is 28.0 Å². The van der Waals surface area contributed by atoms with Gasteiger partial charge in [-0.25, -0.2) is 0 Å². The zero-order chi connectivity index (χ0) is 29.7. The Morgan fingerprint density at radius 3 is 1.84 bits per heavy atom. The zero-order valence-electron chi connectivity index (χ0n) is 23.7. The van der Waals surface area contributed by atoms with E-state index >= 15 is 0 Å². The van der Waals surface area contributed by atoms with Gasteiger partial charge in [0.25, 0.3) is 0 Å². The van der Waals surface area contributed by atoms with Crippen molar-refractivity contribution in [1.82, 2.24) is 0 Å². The van der Waals surface area contributed by atoms with Crippen LogP contribution in [0.5, 0.6) is 23.0 Å². The molecule has 6 aromatic rings. The highest BCUT2D eigenvalue weighted by Gasteiger charge is 2.47. The highest BCUT2D eigenvalue weighted by atomic mass is 32.2. The van der Waals surface area contributed by atoms with Crippen molar-refractivity contribution in [2.24, 2.45) is 5.73 Å². The molecular formula is C39H28N2O2S. The second-order valence-electron chi connectivity index (χ2n) is 11.0. The molecule has 212 valence electrons. The molecule has 0 aromatic heterocycles. The van der Waals surface area contributed by atoms with Gasteiger partial charge in [-0.3, -0.25) is 5.41 Å². The van der Waals surface area contributed by atoms with Crippen LogP contribution < -0.4 is 15.2 Å². The minimum Gasteiger partial charge on any atom is -0.449 e. The van der Waals surface area contributed by atoms with E-state index in [0.717, 1.165) is 22.3 Å². The van der Waals surface area contributed by atoms with Crippen LogP contribution in [0, 0.1) is 5.41 Å². The normalized spacial score (nSPS) is 14.2. The Labute approximate surface area is 260 Å². The Kier molecular flexibility index (Phi) is 6.37. The molecule has 2 aliphatic rings. The van der Waals surface area contributed by atoms with Crippen LogP contribution in [0.4, 0.5) is 0 Å². The van der Waals surface area contributed by atoms with E-state index in [1.54, 1.807) is 0 Å². The van der Waals surface area contributed by atoms with Crippen LogP contribution in [-0.2, 0) is 5.41 Å². The largest absolute Gasteiger partial charge is 0.449 e. The monoisotopic (exact) mass is 588 g/mol. The number of rotatable bonds is 5. The van der Waals surface area contributed by atoms with Crippen molar-refractivity contribution in [3.05, 3.63) is 179 Å². The third kappa shape index (κ3) is 4.16. The van der Waals surface area contributed by atoms with Gasteiger partial charge in [-0.05, 0) is 69.3 Å². The lowest BCUT2D eigenvalue weighted by Gasteiger charge is -2.34. The second-order valence-corrected chi connectivity index (χ2v) is 12.2. The fraction of sp³-hybridized carbons (Fsp3) is 0.0513. The summed E-state index contributed by atoms with van der Waals surface area (Å²) in [7, 11) is 0. The maximum Gasteiger partial charge on any atom is 0.170 e. The molecule has 0 bridgehead atoms. The van der Waals surface area contributed by atoms with Crippen LogP contribution in [0.1, 0.15) is 38.8 Å². The Morgan fingerprint density at radius 2 is 1.14 bits per heavy atom. The molecule has 0 saturated heterocycles. The van der Waals surface area contributed by atoms with Gasteiger partial charge in [0.1, 0.15) is 0 Å². The molecule has 0 spiro atoms. The molecule has 0 saturated carbocycles. The fourth-order valence-corrected chi connectivity index (χ4v) is 7.37. The number of nitrogens with one attached hydrogen (secondary N) is 1. The van der Waals surface area contributed by atoms with Crippen molar-refractivity contribution in [3.63, 3.8) is 0 Å². The van der Waals surface area contributed by atoms with Gasteiger partial charge in [-0.1, -0.05) is 127 Å². The molecule has 5 heteroatoms. The molecule has 0 radical (unpaired) electrons. The number of benzene rings is 6. The van der Waals surface area contributed by atoms with Crippen molar-refractivity contribution in [2.75, 3.05) is 0 Å². The van der Waals surface area contributed by atoms with Gasteiger partial charge in [0.2, 0.25) is 0 Å². The molecule has 44 heavy (non-hydrogen) atoms. The van der Waals surface area contributed by atoms with E-state index in [4.69, 9.17) is 20.6 Å². The van der Waals surface area contributed by atoms with E-state index in [9.17, 15) is 0 Å². The van der Waals surface area contributed by atoms with Crippen molar-refractivity contribution in [2.45, 2.75) is 10.8 Å². The first-order valence-corrected chi connectivity index (χ1v) is 15.5. The molecule has 1 aliphatic heterocycles. The van der Waals surface area contributed by atoms with Crippen LogP contribution in [0.15, 0.2) is 146 Å². The Balaban J connectivity index is 1.22. The molecule has 4 nitrogen and oxygen atoms in total. The maximum atomic E-state index is 8.78. The molecule has 1 aliphatic carbocycles. The summed E-state index contributed by atoms with van der Waals surface area (Å²) in [6.07, 6.45) is 0. The maximum absolute atomic E-state index is 8.78. The lowest BCUT2D eigenvalue weighted by molar-refractivity contribution is 0.359. The number of fused-ring (bicyclic) bond motifs is 5. The molecule has 3 N–H and O–H groups in total. The van der Waals surface area contributed by atoms with Gasteiger partial charge in [-0.15, -0.1) is 0 Å². The molecule has 0 fully saturated rings. The Hall–Kier alpha value is -5.10. The highest BCUT2D eigenvalue weighted by Crippen LogP contribution is 2.59. The van der Waals surface area contributed by atoms with Gasteiger partial charge in [-0.2, -0.15) is 0 Å². The SMILES string of the molecule is N=C(SC(N)c1ccccc1)c1ccc2c(c1)Oc1cc3c(cc1O2)-c1ccccc1C3(c1ccccc1)c1ccccc1. The van der Waals surface area contributed by atoms with Gasteiger partial charge in [0.05, 0.1) is 15.8 Å². The average Bonchev–Trinajstić information content (AvgIpc) is 3.37. The predicted molar refractivity (Wildman–Crippen MR) is 178 cm³/mol. The number of thioether (sulfide) groups is 1. The third-order valence-electron chi connectivity index (χ3n) is 8.54. The van der Waals surface area contributed by atoms with Gasteiger partial charge in [0, 0.05) is 5.56 Å². The summed E-state index contributed by atoms with van der Waals surface area (Å²) in [6.45, 7) is 0. The second kappa shape index (κ2) is 10.6. The summed E-state index contributed by atoms with van der Waals surface area (Å²) in [5.41, 5.74) is 14.7. The van der Waals surface area contributed by atoms with E-state index in [1.165, 1.54) is 34.0 Å². The zero-order valence-corrected chi connectivity index (χ0v) is 24.6. The molecule has 8 rings (SSSR count). The van der Waals surface area contributed by atoms with E-state index < -0.39 is 5.41 Å². The molecule has 1 atom stereocenters. The highest BCUT2D eigenvalue weighted by molar-refractivity contribution is 8.14. The summed E-state index contributed by atoms with van der Waals surface area (Å²) < 4.78 is 13.0. The summed E-state index contributed by atoms with van der Waals surface area (Å²) >= 11 is 1.31. The first kappa shape index (κ1) is 26.5. The quantitative estimate of drug-likeness (QED) is 0.119. The first-order chi connectivity index (χ1) is 21.6. The molecule has 0 amide bonds. The predicted octanol–water partition coefficient (Wildman–Crippen LogP) is 9.66. The fourth-order valence-electron chi connectivity index (χ4n) is 6.56. The summed E-state index contributed by atoms with van der Waals surface area (Å²) in [5, 5.41) is 8.80. The van der Waals surface area contributed by atoms with Crippen molar-refractivity contribution in [3.8, 4) is 34.1 Å². The Morgan fingerprint density at radius 1 is 0.568 bits per heavy atom. The summed E-state index contributed by atoms with van der Waals surface area (Å²) in [6, 6.07) is 49.7. The van der Waals surface area contributed by atoms with Crippen LogP contribution in [0.2, 0.25) is 0 Å². The van der Waals surface area contributed by atoms with Crippen molar-refractivity contribution >= 4 is 16.8 Å². The topological polar surface area (TPSA) is 68.3 Å². The van der Waals surface area contributed by atoms with E-state index in [-0.39, 0.29) is 5.37 Å². The molecule has 1 unspecified atom stereocenters. The van der Waals surface area contributed by atoms with Crippen LogP contribution in [0.25, 0.3) is 11.1 Å². The molecule has 6 aromatic carbocycles. The molecule has 1 heterocycles. The van der Waals surface area contributed by atoms with Crippen molar-refractivity contribution in [1.29, 1.82) is 5.41 Å². The lowest BCUT2D eigenvalue weighted by Crippen LogP contribution is -2.28. The minimum atomic E-state index is -0.526. The van der Waals surface area contributed by atoms with E-state index in [1.807, 2.05) is 48.5 Å². The first-order valence-electron chi connectivity index (χ1n) is 14.6. The summed E-state index contributed by atoms with van der Waals surface area (Å²) in [5.74, 6) is 2.52. The number of hydrogen-bond acceptors (Lipinski definition) is 5. The molecular weight excluding hydrogens is 561 g/mol. The smallest absolute Gasteiger partial charge is 0.170 e. The van der Waals surface area contributed by atoms with Crippen LogP contribution >= 0.6 is 11.8 Å². The number of nitrogens with two attached hydrogens (primary N) is 1. The number of hydrogen-bond donors (Lipinski definition) is 2. The standard InChI is InChI=1S/C39H28N2O2S/c40-37(25-12-4-1-5-13-25)44-38(41)26-20-21-33-34(22-26)43-36-24-32-30(23-35(36)42-33)29-18-10-11-19-31(29)39(32,27-14-6-2-7-15-27)28-16-8-3-9-17-28/h1-24,37,41H,40H2. The van der Waals surface area contributed by atoms with Crippen LogP contribution in [-0.4, -0.2) is 5.04 Å². The van der Waals surface area contributed by atoms with Gasteiger partial charge in [0.15, 0.2) is 23.0 Å². The van der Waals surface area contributed by atoms with Gasteiger partial charge < -0.3 is 15.2 Å².